The normalized spacial score (nSPS) is 10.5. The molecule has 0 atom stereocenters. The van der Waals surface area contributed by atoms with E-state index in [1.54, 1.807) is 6.20 Å². The Morgan fingerprint density at radius 1 is 1.53 bits per heavy atom. The predicted octanol–water partition coefficient (Wildman–Crippen LogP) is 0.772. The average Bonchev–Trinajstić information content (AvgIpc) is 2.78. The number of hydrogen-bond acceptors (Lipinski definition) is 3. The Morgan fingerprint density at radius 3 is 2.88 bits per heavy atom. The lowest BCUT2D eigenvalue weighted by Gasteiger charge is -2.08. The Labute approximate surface area is 98.5 Å². The summed E-state index contributed by atoms with van der Waals surface area (Å²) in [6, 6.07) is 5.64. The first-order valence-electron chi connectivity index (χ1n) is 5.17. The number of nitrogens with zero attached hydrogens (tertiary/aromatic N) is 2. The van der Waals surface area contributed by atoms with Gasteiger partial charge in [-0.15, -0.1) is 0 Å². The van der Waals surface area contributed by atoms with Crippen LogP contribution in [-0.2, 0) is 6.61 Å². The van der Waals surface area contributed by atoms with Crippen molar-refractivity contribution in [3.05, 3.63) is 47.3 Å². The molecule has 5 nitrogen and oxygen atoms in total. The molecule has 0 radical (unpaired) electrons. The van der Waals surface area contributed by atoms with Crippen LogP contribution in [0.15, 0.2) is 30.6 Å². The molecular formula is C12H13N3O2. The lowest BCUT2D eigenvalue weighted by Crippen LogP contribution is -2.09. The third kappa shape index (κ3) is 2.19. The number of rotatable bonds is 3. The van der Waals surface area contributed by atoms with Crippen LogP contribution in [0.5, 0.6) is 0 Å². The minimum atomic E-state index is -0.520. The first-order chi connectivity index (χ1) is 8.11. The molecule has 0 saturated heterocycles. The van der Waals surface area contributed by atoms with Crippen molar-refractivity contribution in [3.63, 3.8) is 0 Å². The fourth-order valence-corrected chi connectivity index (χ4v) is 1.65. The number of carbonyl (C=O) groups is 1. The van der Waals surface area contributed by atoms with Crippen molar-refractivity contribution < 1.29 is 9.90 Å². The van der Waals surface area contributed by atoms with Crippen LogP contribution in [0.4, 0.5) is 0 Å². The smallest absolute Gasteiger partial charge is 0.251 e. The molecular weight excluding hydrogens is 218 g/mol. The fraction of sp³-hybridized carbons (Fsp3) is 0.167. The number of aliphatic hydroxyl groups excluding tert-OH is 1. The van der Waals surface area contributed by atoms with Crippen molar-refractivity contribution in [1.29, 1.82) is 0 Å². The second kappa shape index (κ2) is 4.39. The number of carbonyl (C=O) groups excluding carboxylic acids is 1. The van der Waals surface area contributed by atoms with Gasteiger partial charge in [0.05, 0.1) is 24.1 Å². The Hall–Kier alpha value is -2.14. The Balaban J connectivity index is 2.48. The minimum Gasteiger partial charge on any atom is -0.392 e. The van der Waals surface area contributed by atoms with Gasteiger partial charge >= 0.3 is 0 Å². The molecule has 1 amide bonds. The molecule has 2 aromatic rings. The SMILES string of the molecule is Cc1ccc(-n2cc(C(N)=O)cn2)c(CO)c1. The van der Waals surface area contributed by atoms with Crippen LogP contribution in [0.2, 0.25) is 0 Å². The molecule has 0 aliphatic heterocycles. The molecule has 1 aromatic carbocycles. The maximum absolute atomic E-state index is 11.0. The Bertz CT molecular complexity index is 561. The molecule has 0 aliphatic carbocycles. The fourth-order valence-electron chi connectivity index (χ4n) is 1.65. The second-order valence-corrected chi connectivity index (χ2v) is 3.83. The van der Waals surface area contributed by atoms with Gasteiger partial charge in [-0.1, -0.05) is 17.7 Å². The van der Waals surface area contributed by atoms with Gasteiger partial charge in [-0.05, 0) is 13.0 Å². The van der Waals surface area contributed by atoms with E-state index < -0.39 is 5.91 Å². The van der Waals surface area contributed by atoms with Crippen molar-refractivity contribution in [2.24, 2.45) is 5.73 Å². The molecule has 88 valence electrons. The zero-order valence-electron chi connectivity index (χ0n) is 9.42. The number of benzene rings is 1. The van der Waals surface area contributed by atoms with E-state index >= 15 is 0 Å². The summed E-state index contributed by atoms with van der Waals surface area (Å²) in [4.78, 5) is 11.0. The van der Waals surface area contributed by atoms with E-state index in [1.165, 1.54) is 10.9 Å². The molecule has 0 aliphatic rings. The van der Waals surface area contributed by atoms with E-state index in [0.717, 1.165) is 16.8 Å². The quantitative estimate of drug-likeness (QED) is 0.818. The highest BCUT2D eigenvalue weighted by atomic mass is 16.3. The molecule has 5 heteroatoms. The van der Waals surface area contributed by atoms with Gasteiger partial charge in [-0.2, -0.15) is 5.10 Å². The highest BCUT2D eigenvalue weighted by molar-refractivity contribution is 5.92. The van der Waals surface area contributed by atoms with Crippen molar-refractivity contribution in [2.45, 2.75) is 13.5 Å². The summed E-state index contributed by atoms with van der Waals surface area (Å²) in [5.41, 5.74) is 8.05. The van der Waals surface area contributed by atoms with Gasteiger partial charge in [-0.3, -0.25) is 4.79 Å². The van der Waals surface area contributed by atoms with Gasteiger partial charge in [0.15, 0.2) is 0 Å². The highest BCUT2D eigenvalue weighted by Gasteiger charge is 2.08. The standard InChI is InChI=1S/C12H13N3O2/c1-8-2-3-11(9(4-8)7-16)15-6-10(5-14-15)12(13)17/h2-6,16H,7H2,1H3,(H2,13,17). The first kappa shape index (κ1) is 11.3. The Morgan fingerprint density at radius 2 is 2.29 bits per heavy atom. The monoisotopic (exact) mass is 231 g/mol. The maximum atomic E-state index is 11.0. The van der Waals surface area contributed by atoms with Crippen molar-refractivity contribution in [1.82, 2.24) is 9.78 Å². The van der Waals surface area contributed by atoms with Crippen LogP contribution in [0.25, 0.3) is 5.69 Å². The lowest BCUT2D eigenvalue weighted by atomic mass is 10.1. The van der Waals surface area contributed by atoms with E-state index in [9.17, 15) is 9.90 Å². The number of aliphatic hydroxyl groups is 1. The van der Waals surface area contributed by atoms with Crippen LogP contribution in [-0.4, -0.2) is 20.8 Å². The molecule has 0 bridgehead atoms. The van der Waals surface area contributed by atoms with E-state index in [4.69, 9.17) is 5.73 Å². The summed E-state index contributed by atoms with van der Waals surface area (Å²) >= 11 is 0. The summed E-state index contributed by atoms with van der Waals surface area (Å²) in [5.74, 6) is -0.520. The predicted molar refractivity (Wildman–Crippen MR) is 62.7 cm³/mol. The van der Waals surface area contributed by atoms with Crippen molar-refractivity contribution >= 4 is 5.91 Å². The average molecular weight is 231 g/mol. The summed E-state index contributed by atoms with van der Waals surface area (Å²) in [6.45, 7) is 1.86. The summed E-state index contributed by atoms with van der Waals surface area (Å²) in [7, 11) is 0. The second-order valence-electron chi connectivity index (χ2n) is 3.83. The zero-order chi connectivity index (χ0) is 12.4. The van der Waals surface area contributed by atoms with Gasteiger partial charge in [0, 0.05) is 11.8 Å². The summed E-state index contributed by atoms with van der Waals surface area (Å²) < 4.78 is 1.53. The van der Waals surface area contributed by atoms with Gasteiger partial charge in [0.1, 0.15) is 0 Å². The topological polar surface area (TPSA) is 81.1 Å². The van der Waals surface area contributed by atoms with Gasteiger partial charge in [0.2, 0.25) is 0 Å². The van der Waals surface area contributed by atoms with E-state index in [-0.39, 0.29) is 6.61 Å². The van der Waals surface area contributed by atoms with Crippen LogP contribution < -0.4 is 5.73 Å². The molecule has 17 heavy (non-hydrogen) atoms. The maximum Gasteiger partial charge on any atom is 0.251 e. The third-order valence-electron chi connectivity index (χ3n) is 2.52. The molecule has 0 unspecified atom stereocenters. The van der Waals surface area contributed by atoms with Gasteiger partial charge in [-0.25, -0.2) is 4.68 Å². The molecule has 0 fully saturated rings. The number of aryl methyl sites for hydroxylation is 1. The summed E-state index contributed by atoms with van der Waals surface area (Å²) in [5, 5.41) is 13.3. The van der Waals surface area contributed by atoms with Gasteiger partial charge < -0.3 is 10.8 Å². The molecule has 2 rings (SSSR count). The van der Waals surface area contributed by atoms with Crippen LogP contribution in [0, 0.1) is 6.92 Å². The van der Waals surface area contributed by atoms with E-state index in [1.807, 2.05) is 25.1 Å². The van der Waals surface area contributed by atoms with Crippen molar-refractivity contribution in [2.75, 3.05) is 0 Å². The number of aromatic nitrogens is 2. The number of nitrogens with two attached hydrogens (primary N) is 1. The first-order valence-corrected chi connectivity index (χ1v) is 5.17. The Kier molecular flexibility index (Phi) is 2.93. The number of amides is 1. The van der Waals surface area contributed by atoms with Gasteiger partial charge in [0.25, 0.3) is 5.91 Å². The van der Waals surface area contributed by atoms with Crippen LogP contribution >= 0.6 is 0 Å². The van der Waals surface area contributed by atoms with E-state index in [2.05, 4.69) is 5.10 Å². The van der Waals surface area contributed by atoms with Crippen LogP contribution in [0.3, 0.4) is 0 Å². The largest absolute Gasteiger partial charge is 0.392 e. The lowest BCUT2D eigenvalue weighted by molar-refractivity contribution is 0.100. The summed E-state index contributed by atoms with van der Waals surface area (Å²) in [6.07, 6.45) is 2.95. The molecule has 0 spiro atoms. The third-order valence-corrected chi connectivity index (χ3v) is 2.52. The molecule has 0 saturated carbocycles. The molecule has 1 aromatic heterocycles. The molecule has 3 N–H and O–H groups in total. The van der Waals surface area contributed by atoms with E-state index in [0.29, 0.717) is 5.56 Å². The highest BCUT2D eigenvalue weighted by Crippen LogP contribution is 2.16. The van der Waals surface area contributed by atoms with Crippen molar-refractivity contribution in [3.8, 4) is 5.69 Å². The zero-order valence-corrected chi connectivity index (χ0v) is 9.42. The number of hydrogen-bond donors (Lipinski definition) is 2. The van der Waals surface area contributed by atoms with Crippen LogP contribution in [0.1, 0.15) is 21.5 Å². The molecule has 1 heterocycles. The number of primary amides is 1. The minimum absolute atomic E-state index is 0.0806.